The van der Waals surface area contributed by atoms with E-state index in [2.05, 4.69) is 143 Å². The summed E-state index contributed by atoms with van der Waals surface area (Å²) in [5, 5.41) is 0. The minimum atomic E-state index is -0.669. The summed E-state index contributed by atoms with van der Waals surface area (Å²) in [7, 11) is 0. The van der Waals surface area contributed by atoms with Gasteiger partial charge in [-0.2, -0.15) is 0 Å². The van der Waals surface area contributed by atoms with Gasteiger partial charge in [-0.3, -0.25) is 0 Å². The molecule has 0 aliphatic carbocycles. The lowest BCUT2D eigenvalue weighted by Gasteiger charge is -2.48. The van der Waals surface area contributed by atoms with Gasteiger partial charge < -0.3 is 0 Å². The van der Waals surface area contributed by atoms with Gasteiger partial charge in [-0.15, -0.1) is 0 Å². The molecule has 108 valence electrons. The quantitative estimate of drug-likeness (QED) is 0.263. The van der Waals surface area contributed by atoms with E-state index in [1.54, 1.807) is 0 Å². The summed E-state index contributed by atoms with van der Waals surface area (Å²) >= 11 is 32.9. The van der Waals surface area contributed by atoms with Crippen LogP contribution in [0.1, 0.15) is 5.56 Å². The number of hydrogen-bond acceptors (Lipinski definition) is 0. The standard InChI is InChI=1S/C10H5Br9/c11-7(9(14,15)16,6-4-2-1-3-5-6)8(12,13)10(17,18)19/h1-5H. The first-order chi connectivity index (χ1) is 8.36. The maximum atomic E-state index is 3.85. The van der Waals surface area contributed by atoms with Gasteiger partial charge in [-0.1, -0.05) is 174 Å². The minimum Gasteiger partial charge on any atom is -0.0740 e. The summed E-state index contributed by atoms with van der Waals surface area (Å²) in [6.07, 6.45) is 0. The molecule has 0 saturated carbocycles. The van der Waals surface area contributed by atoms with Gasteiger partial charge in [0.1, 0.15) is 7.56 Å². The van der Waals surface area contributed by atoms with Crippen molar-refractivity contribution < 1.29 is 0 Å². The predicted molar refractivity (Wildman–Crippen MR) is 117 cm³/mol. The number of benzene rings is 1. The largest absolute Gasteiger partial charge is 0.161 e. The Morgan fingerprint density at radius 2 is 1.00 bits per heavy atom. The predicted octanol–water partition coefficient (Wildman–Crippen LogP) is 8.44. The zero-order valence-electron chi connectivity index (χ0n) is 8.79. The van der Waals surface area contributed by atoms with Gasteiger partial charge in [0.05, 0.1) is 0 Å². The Morgan fingerprint density at radius 1 is 0.579 bits per heavy atom. The van der Waals surface area contributed by atoms with Crippen LogP contribution in [0.15, 0.2) is 30.3 Å². The molecule has 0 saturated heterocycles. The third kappa shape index (κ3) is 4.15. The van der Waals surface area contributed by atoms with Crippen LogP contribution in [-0.2, 0) is 4.32 Å². The van der Waals surface area contributed by atoms with E-state index in [9.17, 15) is 0 Å². The molecule has 0 amide bonds. The van der Waals surface area contributed by atoms with E-state index in [-0.39, 0.29) is 0 Å². The van der Waals surface area contributed by atoms with Crippen molar-refractivity contribution >= 4 is 143 Å². The molecular weight excluding hydrogens is 839 g/mol. The van der Waals surface area contributed by atoms with E-state index >= 15 is 0 Å². The summed E-state index contributed by atoms with van der Waals surface area (Å²) in [5.74, 6) is 0. The normalized spacial score (nSPS) is 17.1. The highest BCUT2D eigenvalue weighted by molar-refractivity contribution is 9.42. The molecular formula is C10H5Br9. The molecule has 0 heterocycles. The lowest BCUT2D eigenvalue weighted by Crippen LogP contribution is -2.53. The van der Waals surface area contributed by atoms with Gasteiger partial charge >= 0.3 is 0 Å². The zero-order chi connectivity index (χ0) is 15.1. The molecule has 1 aromatic rings. The number of halogens is 9. The van der Waals surface area contributed by atoms with E-state index in [0.717, 1.165) is 5.56 Å². The summed E-state index contributed by atoms with van der Waals surface area (Å²) < 4.78 is -2.56. The van der Waals surface area contributed by atoms with E-state index in [1.165, 1.54) is 0 Å². The van der Waals surface area contributed by atoms with E-state index < -0.39 is 11.8 Å². The molecule has 0 spiro atoms. The molecule has 1 unspecified atom stereocenters. The molecule has 0 nitrogen and oxygen atoms in total. The third-order valence-electron chi connectivity index (χ3n) is 2.35. The lowest BCUT2D eigenvalue weighted by atomic mass is 9.98. The van der Waals surface area contributed by atoms with Crippen LogP contribution in [0.2, 0.25) is 0 Å². The molecule has 1 aromatic carbocycles. The Hall–Kier alpha value is 3.54. The Kier molecular flexibility index (Phi) is 7.79. The highest BCUT2D eigenvalue weighted by atomic mass is 80.0. The average Bonchev–Trinajstić information content (AvgIpc) is 2.25. The molecule has 9 heteroatoms. The molecule has 0 radical (unpaired) electrons. The van der Waals surface area contributed by atoms with Gasteiger partial charge in [-0.25, -0.2) is 0 Å². The van der Waals surface area contributed by atoms with Crippen molar-refractivity contribution in [2.24, 2.45) is 0 Å². The smallest absolute Gasteiger partial charge is 0.0740 e. The highest BCUT2D eigenvalue weighted by Crippen LogP contribution is 2.71. The lowest BCUT2D eigenvalue weighted by molar-refractivity contribution is 0.649. The Balaban J connectivity index is 3.57. The summed E-state index contributed by atoms with van der Waals surface area (Å²) in [5.41, 5.74) is 1.04. The van der Waals surface area contributed by atoms with Gasteiger partial charge in [0.25, 0.3) is 0 Å². The molecule has 0 bridgehead atoms. The van der Waals surface area contributed by atoms with Crippen molar-refractivity contribution in [3.05, 3.63) is 35.9 Å². The first-order valence-corrected chi connectivity index (χ1v) is 11.7. The molecule has 19 heavy (non-hydrogen) atoms. The van der Waals surface area contributed by atoms with Crippen LogP contribution in [-0.4, -0.2) is 7.52 Å². The molecule has 0 aliphatic rings. The number of alkyl halides is 9. The molecule has 0 aliphatic heterocycles. The number of hydrogen-bond donors (Lipinski definition) is 0. The van der Waals surface area contributed by atoms with Gasteiger partial charge in [0.2, 0.25) is 0 Å². The molecule has 1 rings (SSSR count). The Labute approximate surface area is 188 Å². The molecule has 1 atom stereocenters. The van der Waals surface area contributed by atoms with Crippen molar-refractivity contribution in [3.63, 3.8) is 0 Å². The average molecular weight is 844 g/mol. The second kappa shape index (κ2) is 7.19. The SMILES string of the molecule is BrC(Br)(Br)C(Br)(Br)C(Br)(c1ccccc1)C(Br)(Br)Br. The Morgan fingerprint density at radius 3 is 1.32 bits per heavy atom. The summed E-state index contributed by atoms with van der Waals surface area (Å²) in [4.78, 5) is 0. The Bertz CT molecular complexity index is 431. The van der Waals surface area contributed by atoms with E-state index in [4.69, 9.17) is 0 Å². The fourth-order valence-electron chi connectivity index (χ4n) is 1.39. The van der Waals surface area contributed by atoms with Crippen molar-refractivity contribution in [1.82, 2.24) is 0 Å². The molecule has 0 aromatic heterocycles. The van der Waals surface area contributed by atoms with Crippen molar-refractivity contribution in [1.29, 1.82) is 0 Å². The second-order valence-electron chi connectivity index (χ2n) is 3.59. The summed E-state index contributed by atoms with van der Waals surface area (Å²) in [6, 6.07) is 10.0. The van der Waals surface area contributed by atoms with Crippen LogP contribution in [0.25, 0.3) is 0 Å². The van der Waals surface area contributed by atoms with Gasteiger partial charge in [-0.05, 0) is 5.56 Å². The molecule has 0 N–H and O–H groups in total. The van der Waals surface area contributed by atoms with Crippen LogP contribution in [0.5, 0.6) is 0 Å². The monoisotopic (exact) mass is 835 g/mol. The number of rotatable bonds is 2. The maximum absolute atomic E-state index is 3.85. The van der Waals surface area contributed by atoms with E-state index in [0.29, 0.717) is 0 Å². The van der Waals surface area contributed by atoms with Gasteiger partial charge in [0, 0.05) is 0 Å². The topological polar surface area (TPSA) is 0 Å². The van der Waals surface area contributed by atoms with Crippen LogP contribution < -0.4 is 0 Å². The van der Waals surface area contributed by atoms with Crippen LogP contribution >= 0.6 is 143 Å². The van der Waals surface area contributed by atoms with Crippen molar-refractivity contribution in [3.8, 4) is 0 Å². The summed E-state index contributed by atoms with van der Waals surface area (Å²) in [6.45, 7) is 0. The zero-order valence-corrected chi connectivity index (χ0v) is 23.1. The second-order valence-corrected chi connectivity index (χ2v) is 21.7. The fraction of sp³-hybridized carbons (Fsp3) is 0.400. The first-order valence-electron chi connectivity index (χ1n) is 4.61. The van der Waals surface area contributed by atoms with Crippen LogP contribution in [0.3, 0.4) is 0 Å². The van der Waals surface area contributed by atoms with Crippen molar-refractivity contribution in [2.75, 3.05) is 0 Å². The molecule has 0 fully saturated rings. The maximum Gasteiger partial charge on any atom is 0.161 e. The fourth-order valence-corrected chi connectivity index (χ4v) is 7.87. The van der Waals surface area contributed by atoms with E-state index in [1.807, 2.05) is 30.3 Å². The third-order valence-corrected chi connectivity index (χ3v) is 15.8. The van der Waals surface area contributed by atoms with Crippen LogP contribution in [0, 0.1) is 0 Å². The minimum absolute atomic E-state index is 0.625. The van der Waals surface area contributed by atoms with Gasteiger partial charge in [0.15, 0.2) is 4.29 Å². The highest BCUT2D eigenvalue weighted by Gasteiger charge is 2.65. The van der Waals surface area contributed by atoms with Crippen LogP contribution in [0.4, 0.5) is 0 Å². The first kappa shape index (κ1) is 20.6. The van der Waals surface area contributed by atoms with Crippen molar-refractivity contribution in [2.45, 2.75) is 11.8 Å².